The lowest BCUT2D eigenvalue weighted by atomic mass is 9.98. The topological polar surface area (TPSA) is 53.5 Å². The van der Waals surface area contributed by atoms with Crippen LogP contribution >= 0.6 is 0 Å². The number of aryl methyl sites for hydroxylation is 3. The Morgan fingerprint density at radius 2 is 1.52 bits per heavy atom. The van der Waals surface area contributed by atoms with Crippen molar-refractivity contribution >= 4 is 23.0 Å². The first kappa shape index (κ1) is 18.7. The predicted molar refractivity (Wildman–Crippen MR) is 107 cm³/mol. The fourth-order valence-corrected chi connectivity index (χ4v) is 2.69. The molecule has 0 aliphatic heterocycles. The van der Waals surface area contributed by atoms with Crippen LogP contribution in [0.3, 0.4) is 0 Å². The molecule has 0 radical (unpaired) electrons. The fraction of sp³-hybridized carbons (Fsp3) is 0.333. The number of hydrogen-bond acceptors (Lipinski definition) is 3. The molecule has 0 saturated carbocycles. The molecular weight excluding hydrogens is 310 g/mol. The average Bonchev–Trinajstić information content (AvgIpc) is 2.56. The molecule has 25 heavy (non-hydrogen) atoms. The van der Waals surface area contributed by atoms with Crippen molar-refractivity contribution in [1.82, 2.24) is 0 Å². The van der Waals surface area contributed by atoms with E-state index in [0.29, 0.717) is 5.71 Å². The van der Waals surface area contributed by atoms with Crippen LogP contribution in [0.1, 0.15) is 40.3 Å². The van der Waals surface area contributed by atoms with E-state index in [1.807, 2.05) is 39.0 Å². The number of carbonyl (C=O) groups excluding carboxylic acids is 1. The molecule has 2 N–H and O–H groups in total. The first-order chi connectivity index (χ1) is 11.7. The third kappa shape index (κ3) is 4.27. The van der Waals surface area contributed by atoms with Crippen molar-refractivity contribution in [1.29, 1.82) is 0 Å². The fourth-order valence-electron chi connectivity index (χ4n) is 2.69. The van der Waals surface area contributed by atoms with E-state index in [9.17, 15) is 4.79 Å². The van der Waals surface area contributed by atoms with Crippen LogP contribution < -0.4 is 10.7 Å². The van der Waals surface area contributed by atoms with Crippen molar-refractivity contribution in [2.24, 2.45) is 5.10 Å². The molecule has 0 saturated heterocycles. The van der Waals surface area contributed by atoms with Crippen LogP contribution in [0.25, 0.3) is 0 Å². The summed E-state index contributed by atoms with van der Waals surface area (Å²) in [6.45, 7) is 14.0. The first-order valence-corrected chi connectivity index (χ1v) is 8.47. The predicted octanol–water partition coefficient (Wildman–Crippen LogP) is 4.96. The van der Waals surface area contributed by atoms with Gasteiger partial charge in [0, 0.05) is 5.69 Å². The quantitative estimate of drug-likeness (QED) is 0.612. The van der Waals surface area contributed by atoms with Crippen LogP contribution in [-0.2, 0) is 4.79 Å². The summed E-state index contributed by atoms with van der Waals surface area (Å²) in [7, 11) is 0. The molecule has 0 atom stereocenters. The third-order valence-corrected chi connectivity index (χ3v) is 4.78. The SMILES string of the molecule is C/C(=N\Nc1ccc(C)cc1C)C(=O)Nc1cc(C)c(C)c(C)c1C. The van der Waals surface area contributed by atoms with Gasteiger partial charge >= 0.3 is 0 Å². The zero-order chi connectivity index (χ0) is 18.7. The van der Waals surface area contributed by atoms with Crippen molar-refractivity contribution in [2.75, 3.05) is 10.7 Å². The maximum absolute atomic E-state index is 12.5. The molecule has 0 fully saturated rings. The molecule has 0 spiro atoms. The number of hydrazone groups is 1. The molecule has 0 heterocycles. The molecule has 1 amide bonds. The highest BCUT2D eigenvalue weighted by molar-refractivity contribution is 6.42. The van der Waals surface area contributed by atoms with E-state index in [2.05, 4.69) is 42.7 Å². The molecule has 4 heteroatoms. The summed E-state index contributed by atoms with van der Waals surface area (Å²) >= 11 is 0. The van der Waals surface area contributed by atoms with Crippen molar-refractivity contribution in [3.8, 4) is 0 Å². The number of hydrogen-bond donors (Lipinski definition) is 2. The van der Waals surface area contributed by atoms with Crippen LogP contribution in [0, 0.1) is 41.5 Å². The summed E-state index contributed by atoms with van der Waals surface area (Å²) in [5, 5.41) is 7.20. The van der Waals surface area contributed by atoms with Crippen molar-refractivity contribution in [2.45, 2.75) is 48.5 Å². The Labute approximate surface area is 150 Å². The van der Waals surface area contributed by atoms with E-state index in [4.69, 9.17) is 0 Å². The lowest BCUT2D eigenvalue weighted by Crippen LogP contribution is -2.22. The molecular formula is C21H27N3O. The highest BCUT2D eigenvalue weighted by atomic mass is 16.1. The van der Waals surface area contributed by atoms with Gasteiger partial charge in [-0.15, -0.1) is 0 Å². The summed E-state index contributed by atoms with van der Waals surface area (Å²) in [4.78, 5) is 12.5. The Kier molecular flexibility index (Phi) is 5.62. The lowest BCUT2D eigenvalue weighted by molar-refractivity contribution is -0.110. The summed E-state index contributed by atoms with van der Waals surface area (Å²) < 4.78 is 0. The number of nitrogens with one attached hydrogen (secondary N) is 2. The van der Waals surface area contributed by atoms with Gasteiger partial charge in [-0.1, -0.05) is 17.7 Å². The van der Waals surface area contributed by atoms with Crippen LogP contribution in [0.2, 0.25) is 0 Å². The smallest absolute Gasteiger partial charge is 0.271 e. The van der Waals surface area contributed by atoms with Gasteiger partial charge in [0.2, 0.25) is 0 Å². The Hall–Kier alpha value is -2.62. The molecule has 0 aliphatic rings. The monoisotopic (exact) mass is 337 g/mol. The molecule has 132 valence electrons. The van der Waals surface area contributed by atoms with Crippen molar-refractivity contribution in [3.63, 3.8) is 0 Å². The van der Waals surface area contributed by atoms with E-state index in [1.165, 1.54) is 22.3 Å². The lowest BCUT2D eigenvalue weighted by Gasteiger charge is -2.15. The van der Waals surface area contributed by atoms with Crippen molar-refractivity contribution in [3.05, 3.63) is 57.6 Å². The zero-order valence-corrected chi connectivity index (χ0v) is 16.2. The van der Waals surface area contributed by atoms with Crippen LogP contribution in [-0.4, -0.2) is 11.6 Å². The number of nitrogens with zero attached hydrogens (tertiary/aromatic N) is 1. The maximum Gasteiger partial charge on any atom is 0.271 e. The number of amides is 1. The Bertz CT molecular complexity index is 851. The minimum Gasteiger partial charge on any atom is -0.321 e. The minimum atomic E-state index is -0.206. The van der Waals surface area contributed by atoms with E-state index in [0.717, 1.165) is 22.5 Å². The largest absolute Gasteiger partial charge is 0.321 e. The Balaban J connectivity index is 2.15. The molecule has 2 aromatic rings. The van der Waals surface area contributed by atoms with Crippen LogP contribution in [0.5, 0.6) is 0 Å². The van der Waals surface area contributed by atoms with Gasteiger partial charge in [-0.2, -0.15) is 5.10 Å². The second-order valence-electron chi connectivity index (χ2n) is 6.70. The van der Waals surface area contributed by atoms with Crippen molar-refractivity contribution < 1.29 is 4.79 Å². The summed E-state index contributed by atoms with van der Waals surface area (Å²) in [5.74, 6) is -0.206. The number of anilines is 2. The van der Waals surface area contributed by atoms with Gasteiger partial charge < -0.3 is 5.32 Å². The third-order valence-electron chi connectivity index (χ3n) is 4.78. The summed E-state index contributed by atoms with van der Waals surface area (Å²) in [5.41, 5.74) is 12.1. The van der Waals surface area contributed by atoms with Gasteiger partial charge in [0.15, 0.2) is 0 Å². The molecule has 4 nitrogen and oxygen atoms in total. The number of carbonyl (C=O) groups is 1. The first-order valence-electron chi connectivity index (χ1n) is 8.47. The van der Waals surface area contributed by atoms with Crippen LogP contribution in [0.15, 0.2) is 29.4 Å². The van der Waals surface area contributed by atoms with E-state index >= 15 is 0 Å². The van der Waals surface area contributed by atoms with Gasteiger partial charge in [-0.25, -0.2) is 0 Å². The van der Waals surface area contributed by atoms with E-state index in [-0.39, 0.29) is 5.91 Å². The Morgan fingerprint density at radius 3 is 2.16 bits per heavy atom. The number of rotatable bonds is 4. The normalized spacial score (nSPS) is 11.4. The second-order valence-corrected chi connectivity index (χ2v) is 6.70. The van der Waals surface area contributed by atoms with Gasteiger partial charge in [0.05, 0.1) is 5.69 Å². The summed E-state index contributed by atoms with van der Waals surface area (Å²) in [6.07, 6.45) is 0. The molecule has 0 aliphatic carbocycles. The second kappa shape index (κ2) is 7.51. The zero-order valence-electron chi connectivity index (χ0n) is 16.2. The molecule has 2 aromatic carbocycles. The maximum atomic E-state index is 12.5. The molecule has 0 unspecified atom stereocenters. The van der Waals surface area contributed by atoms with Gasteiger partial charge in [0.1, 0.15) is 5.71 Å². The minimum absolute atomic E-state index is 0.206. The molecule has 0 aromatic heterocycles. The van der Waals surface area contributed by atoms with E-state index < -0.39 is 0 Å². The molecule has 0 bridgehead atoms. The van der Waals surface area contributed by atoms with Gasteiger partial charge in [0.25, 0.3) is 5.91 Å². The van der Waals surface area contributed by atoms with Gasteiger partial charge in [-0.05, 0) is 88.4 Å². The molecule has 2 rings (SSSR count). The highest BCUT2D eigenvalue weighted by Gasteiger charge is 2.12. The summed E-state index contributed by atoms with van der Waals surface area (Å²) in [6, 6.07) is 8.08. The van der Waals surface area contributed by atoms with Crippen LogP contribution in [0.4, 0.5) is 11.4 Å². The van der Waals surface area contributed by atoms with E-state index in [1.54, 1.807) is 6.92 Å². The van der Waals surface area contributed by atoms with Gasteiger partial charge in [-0.3, -0.25) is 10.2 Å². The Morgan fingerprint density at radius 1 is 0.840 bits per heavy atom. The standard InChI is InChI=1S/C21H27N3O/c1-12-8-9-19(14(3)10-12)24-23-18(7)21(25)22-20-11-13(2)15(4)16(5)17(20)6/h8-11,24H,1-7H3,(H,22,25)/b23-18+. The number of benzene rings is 2. The highest BCUT2D eigenvalue weighted by Crippen LogP contribution is 2.25. The average molecular weight is 337 g/mol.